The lowest BCUT2D eigenvalue weighted by Gasteiger charge is -2.16. The van der Waals surface area contributed by atoms with Gasteiger partial charge in [0.25, 0.3) is 0 Å². The Labute approximate surface area is 126 Å². The number of carbonyl (C=O) groups excluding carboxylic acids is 1. The van der Waals surface area contributed by atoms with E-state index >= 15 is 0 Å². The number of halogens is 1. The zero-order valence-electron chi connectivity index (χ0n) is 11.4. The molecule has 0 spiro atoms. The van der Waals surface area contributed by atoms with E-state index in [2.05, 4.69) is 44.5 Å². The van der Waals surface area contributed by atoms with Crippen LogP contribution in [0.5, 0.6) is 0 Å². The quantitative estimate of drug-likeness (QED) is 0.835. The molecule has 0 radical (unpaired) electrons. The van der Waals surface area contributed by atoms with Gasteiger partial charge in [0.2, 0.25) is 5.91 Å². The standard InChI is InChI=1S/C15H18BrN3O/c1-15-6-10(17-11(15)7-15)14(20)19-13-9(8-2-3-8)4-5-12(16)18-13/h4-5,8,10-11,17H,2-3,6-7H2,1H3,(H,18,19,20)/t10-,11?,15-/m0/s1. The summed E-state index contributed by atoms with van der Waals surface area (Å²) in [5, 5.41) is 6.45. The summed E-state index contributed by atoms with van der Waals surface area (Å²) in [6.45, 7) is 2.25. The van der Waals surface area contributed by atoms with Crippen molar-refractivity contribution in [1.82, 2.24) is 10.3 Å². The van der Waals surface area contributed by atoms with Crippen LogP contribution in [0, 0.1) is 5.41 Å². The van der Waals surface area contributed by atoms with Gasteiger partial charge in [-0.3, -0.25) is 4.79 Å². The largest absolute Gasteiger partial charge is 0.309 e. The van der Waals surface area contributed by atoms with Gasteiger partial charge in [-0.25, -0.2) is 4.98 Å². The molecule has 4 rings (SSSR count). The number of nitrogens with one attached hydrogen (secondary N) is 2. The molecule has 4 nitrogen and oxygen atoms in total. The average Bonchev–Trinajstić information content (AvgIpc) is 3.29. The summed E-state index contributed by atoms with van der Waals surface area (Å²) in [4.78, 5) is 16.9. The summed E-state index contributed by atoms with van der Waals surface area (Å²) in [6, 6.07) is 4.50. The van der Waals surface area contributed by atoms with Crippen LogP contribution in [0.25, 0.3) is 0 Å². The van der Waals surface area contributed by atoms with E-state index in [0.29, 0.717) is 17.4 Å². The monoisotopic (exact) mass is 335 g/mol. The zero-order chi connectivity index (χ0) is 13.9. The van der Waals surface area contributed by atoms with Crippen LogP contribution in [0.3, 0.4) is 0 Å². The van der Waals surface area contributed by atoms with Crippen LogP contribution < -0.4 is 10.6 Å². The highest BCUT2D eigenvalue weighted by Crippen LogP contribution is 2.54. The van der Waals surface area contributed by atoms with E-state index in [1.54, 1.807) is 0 Å². The van der Waals surface area contributed by atoms with E-state index in [1.807, 2.05) is 6.07 Å². The maximum absolute atomic E-state index is 12.4. The fourth-order valence-corrected chi connectivity index (χ4v) is 3.61. The molecule has 3 atom stereocenters. The molecule has 2 N–H and O–H groups in total. The van der Waals surface area contributed by atoms with Crippen molar-refractivity contribution in [2.45, 2.75) is 50.6 Å². The molecule has 5 heteroatoms. The van der Waals surface area contributed by atoms with Crippen LogP contribution >= 0.6 is 15.9 Å². The second-order valence-corrected chi connectivity index (χ2v) is 7.48. The summed E-state index contributed by atoms with van der Waals surface area (Å²) in [5.41, 5.74) is 1.53. The van der Waals surface area contributed by atoms with Gasteiger partial charge in [-0.05, 0) is 64.6 Å². The summed E-state index contributed by atoms with van der Waals surface area (Å²) >= 11 is 3.39. The molecule has 0 bridgehead atoms. The number of hydrogen-bond acceptors (Lipinski definition) is 3. The average molecular weight is 336 g/mol. The molecule has 2 saturated carbocycles. The normalized spacial score (nSPS) is 34.7. The third-order valence-electron chi connectivity index (χ3n) is 4.89. The van der Waals surface area contributed by atoms with Crippen LogP contribution in [0.1, 0.15) is 44.1 Å². The van der Waals surface area contributed by atoms with Crippen molar-refractivity contribution < 1.29 is 4.79 Å². The first kappa shape index (κ1) is 12.8. The summed E-state index contributed by atoms with van der Waals surface area (Å²) in [7, 11) is 0. The lowest BCUT2D eigenvalue weighted by molar-refractivity contribution is -0.118. The Balaban J connectivity index is 1.51. The van der Waals surface area contributed by atoms with Gasteiger partial charge in [-0.2, -0.15) is 0 Å². The minimum Gasteiger partial charge on any atom is -0.309 e. The van der Waals surface area contributed by atoms with Crippen molar-refractivity contribution in [2.24, 2.45) is 5.41 Å². The molecule has 1 aromatic heterocycles. The van der Waals surface area contributed by atoms with Gasteiger partial charge in [0.05, 0.1) is 6.04 Å². The number of carbonyl (C=O) groups is 1. The molecular formula is C15H18BrN3O. The Morgan fingerprint density at radius 3 is 2.90 bits per heavy atom. The zero-order valence-corrected chi connectivity index (χ0v) is 13.0. The fraction of sp³-hybridized carbons (Fsp3) is 0.600. The van der Waals surface area contributed by atoms with E-state index in [4.69, 9.17) is 0 Å². The molecular weight excluding hydrogens is 318 g/mol. The molecule has 1 aliphatic heterocycles. The smallest absolute Gasteiger partial charge is 0.242 e. The summed E-state index contributed by atoms with van der Waals surface area (Å²) < 4.78 is 0.770. The Morgan fingerprint density at radius 2 is 2.25 bits per heavy atom. The highest BCUT2D eigenvalue weighted by Gasteiger charge is 2.58. The Hall–Kier alpha value is -0.940. The Bertz CT molecular complexity index is 586. The van der Waals surface area contributed by atoms with Crippen molar-refractivity contribution >= 4 is 27.7 Å². The van der Waals surface area contributed by atoms with Gasteiger partial charge in [0.15, 0.2) is 0 Å². The number of anilines is 1. The lowest BCUT2D eigenvalue weighted by Crippen LogP contribution is -2.38. The van der Waals surface area contributed by atoms with Gasteiger partial charge in [0.1, 0.15) is 10.4 Å². The van der Waals surface area contributed by atoms with Crippen LogP contribution in [0.4, 0.5) is 5.82 Å². The number of piperidine rings is 1. The van der Waals surface area contributed by atoms with E-state index in [9.17, 15) is 4.79 Å². The number of nitrogens with zero attached hydrogens (tertiary/aromatic N) is 1. The molecule has 1 aromatic rings. The van der Waals surface area contributed by atoms with Crippen molar-refractivity contribution in [3.8, 4) is 0 Å². The predicted molar refractivity (Wildman–Crippen MR) is 80.6 cm³/mol. The number of fused-ring (bicyclic) bond motifs is 1. The number of rotatable bonds is 3. The summed E-state index contributed by atoms with van der Waals surface area (Å²) in [5.74, 6) is 1.37. The third kappa shape index (κ3) is 2.17. The van der Waals surface area contributed by atoms with E-state index < -0.39 is 0 Å². The SMILES string of the molecule is C[C@]12CC1N[C@H](C(=O)Nc1nc(Br)ccc1C1CC1)C2. The van der Waals surface area contributed by atoms with E-state index in [1.165, 1.54) is 24.8 Å². The van der Waals surface area contributed by atoms with Crippen molar-refractivity contribution in [1.29, 1.82) is 0 Å². The molecule has 20 heavy (non-hydrogen) atoms. The molecule has 3 fully saturated rings. The molecule has 106 valence electrons. The van der Waals surface area contributed by atoms with E-state index in [-0.39, 0.29) is 11.9 Å². The number of hydrogen-bond donors (Lipinski definition) is 2. The maximum Gasteiger partial charge on any atom is 0.242 e. The van der Waals surface area contributed by atoms with Crippen molar-refractivity contribution in [2.75, 3.05) is 5.32 Å². The number of aromatic nitrogens is 1. The molecule has 3 aliphatic rings. The van der Waals surface area contributed by atoms with E-state index in [0.717, 1.165) is 16.8 Å². The molecule has 1 unspecified atom stereocenters. The van der Waals surface area contributed by atoms with Gasteiger partial charge in [-0.15, -0.1) is 0 Å². The minimum absolute atomic E-state index is 0.0610. The predicted octanol–water partition coefficient (Wildman–Crippen LogP) is 2.80. The first-order valence-electron chi connectivity index (χ1n) is 7.28. The topological polar surface area (TPSA) is 54.0 Å². The van der Waals surface area contributed by atoms with Crippen LogP contribution in [-0.4, -0.2) is 23.0 Å². The molecule has 2 heterocycles. The minimum atomic E-state index is -0.0633. The van der Waals surface area contributed by atoms with Crippen LogP contribution in [0.15, 0.2) is 16.7 Å². The highest BCUT2D eigenvalue weighted by molar-refractivity contribution is 9.10. The molecule has 2 aliphatic carbocycles. The first-order valence-corrected chi connectivity index (χ1v) is 8.08. The Morgan fingerprint density at radius 1 is 1.45 bits per heavy atom. The number of amides is 1. The van der Waals surface area contributed by atoms with Gasteiger partial charge < -0.3 is 10.6 Å². The lowest BCUT2D eigenvalue weighted by atomic mass is 10.0. The second-order valence-electron chi connectivity index (χ2n) is 6.67. The van der Waals surface area contributed by atoms with Crippen molar-refractivity contribution in [3.05, 3.63) is 22.3 Å². The third-order valence-corrected chi connectivity index (χ3v) is 5.33. The van der Waals surface area contributed by atoms with Crippen LogP contribution in [0.2, 0.25) is 0 Å². The van der Waals surface area contributed by atoms with Gasteiger partial charge in [-0.1, -0.05) is 13.0 Å². The van der Waals surface area contributed by atoms with Gasteiger partial charge in [0, 0.05) is 6.04 Å². The first-order chi connectivity index (χ1) is 9.55. The second kappa shape index (κ2) is 4.28. The maximum atomic E-state index is 12.4. The summed E-state index contributed by atoms with van der Waals surface area (Å²) in [6.07, 6.45) is 4.55. The molecule has 0 aromatic carbocycles. The highest BCUT2D eigenvalue weighted by atomic mass is 79.9. The van der Waals surface area contributed by atoms with Gasteiger partial charge >= 0.3 is 0 Å². The Kier molecular flexibility index (Phi) is 2.73. The van der Waals surface area contributed by atoms with Crippen molar-refractivity contribution in [3.63, 3.8) is 0 Å². The fourth-order valence-electron chi connectivity index (χ4n) is 3.30. The molecule has 1 saturated heterocycles. The molecule has 1 amide bonds. The van der Waals surface area contributed by atoms with Crippen LogP contribution in [-0.2, 0) is 4.79 Å². The number of pyridine rings is 1.